The Morgan fingerprint density at radius 3 is 2.15 bits per heavy atom. The minimum absolute atomic E-state index is 0.215. The maximum Gasteiger partial charge on any atom is 0.346 e. The van der Waals surface area contributed by atoms with Gasteiger partial charge < -0.3 is 14.6 Å². The van der Waals surface area contributed by atoms with E-state index in [2.05, 4.69) is 4.74 Å². The largest absolute Gasteiger partial charge is 0.490 e. The maximum atomic E-state index is 11.9. The van der Waals surface area contributed by atoms with Crippen LogP contribution in [0.4, 0.5) is 0 Å². The van der Waals surface area contributed by atoms with E-state index < -0.39 is 11.6 Å². The topological polar surface area (TPSA) is 55.8 Å². The Labute approximate surface area is 117 Å². The van der Waals surface area contributed by atoms with Crippen LogP contribution in [-0.2, 0) is 15.1 Å². The van der Waals surface area contributed by atoms with Gasteiger partial charge in [0.25, 0.3) is 0 Å². The molecule has 0 aliphatic rings. The van der Waals surface area contributed by atoms with Gasteiger partial charge in [0.2, 0.25) is 5.60 Å². The zero-order valence-corrected chi connectivity index (χ0v) is 11.2. The Balaban J connectivity index is 2.22. The highest BCUT2D eigenvalue weighted by Gasteiger charge is 2.40. The summed E-state index contributed by atoms with van der Waals surface area (Å²) in [6.45, 7) is -0.215. The summed E-state index contributed by atoms with van der Waals surface area (Å²) in [6, 6.07) is 17.6. The number of aliphatic hydroxyl groups is 1. The summed E-state index contributed by atoms with van der Waals surface area (Å²) in [5.74, 6) is -0.176. The number of carbonyl (C=O) groups excluding carboxylic acids is 1. The molecule has 0 amide bonds. The van der Waals surface area contributed by atoms with Crippen molar-refractivity contribution in [2.45, 2.75) is 5.60 Å². The first-order valence-electron chi connectivity index (χ1n) is 6.21. The molecule has 104 valence electrons. The molecule has 2 aromatic rings. The van der Waals surface area contributed by atoms with Crippen molar-refractivity contribution in [1.29, 1.82) is 0 Å². The van der Waals surface area contributed by atoms with E-state index in [1.54, 1.807) is 42.5 Å². The van der Waals surface area contributed by atoms with Gasteiger partial charge in [-0.2, -0.15) is 0 Å². The van der Waals surface area contributed by atoms with Crippen molar-refractivity contribution in [3.8, 4) is 5.75 Å². The number of para-hydroxylation sites is 1. The minimum atomic E-state index is -1.83. The zero-order valence-electron chi connectivity index (χ0n) is 11.2. The van der Waals surface area contributed by atoms with Crippen LogP contribution < -0.4 is 4.74 Å². The molecule has 1 N–H and O–H groups in total. The van der Waals surface area contributed by atoms with Crippen LogP contribution in [0.15, 0.2) is 60.7 Å². The Morgan fingerprint density at radius 2 is 1.60 bits per heavy atom. The third-order valence-electron chi connectivity index (χ3n) is 2.97. The number of benzene rings is 2. The number of esters is 1. The molecule has 2 aromatic carbocycles. The molecule has 4 heteroatoms. The molecule has 0 heterocycles. The van der Waals surface area contributed by atoms with Gasteiger partial charge in [-0.05, 0) is 17.7 Å². The number of ether oxygens (including phenoxy) is 2. The van der Waals surface area contributed by atoms with Crippen LogP contribution in [0, 0.1) is 0 Å². The molecule has 0 aromatic heterocycles. The molecule has 20 heavy (non-hydrogen) atoms. The third kappa shape index (κ3) is 2.97. The average molecular weight is 272 g/mol. The lowest BCUT2D eigenvalue weighted by Gasteiger charge is -2.25. The molecule has 0 aliphatic carbocycles. The van der Waals surface area contributed by atoms with Crippen LogP contribution in [0.25, 0.3) is 0 Å². The molecule has 0 saturated heterocycles. The van der Waals surface area contributed by atoms with Crippen LogP contribution in [0.1, 0.15) is 5.56 Å². The second-order valence-corrected chi connectivity index (χ2v) is 4.32. The van der Waals surface area contributed by atoms with Crippen LogP contribution in [-0.4, -0.2) is 24.8 Å². The maximum absolute atomic E-state index is 11.9. The molecule has 0 fully saturated rings. The Morgan fingerprint density at radius 1 is 1.05 bits per heavy atom. The van der Waals surface area contributed by atoms with E-state index in [9.17, 15) is 9.90 Å². The molecular formula is C16H16O4. The highest BCUT2D eigenvalue weighted by Crippen LogP contribution is 2.24. The Bertz CT molecular complexity index is 553. The molecule has 0 aliphatic heterocycles. The average Bonchev–Trinajstić information content (AvgIpc) is 2.53. The monoisotopic (exact) mass is 272 g/mol. The molecule has 0 saturated carbocycles. The zero-order chi connectivity index (χ0) is 14.4. The van der Waals surface area contributed by atoms with Crippen molar-refractivity contribution in [1.82, 2.24) is 0 Å². The lowest BCUT2D eigenvalue weighted by atomic mass is 9.95. The van der Waals surface area contributed by atoms with E-state index in [1.807, 2.05) is 18.2 Å². The Kier molecular flexibility index (Phi) is 4.38. The van der Waals surface area contributed by atoms with Crippen molar-refractivity contribution >= 4 is 5.97 Å². The van der Waals surface area contributed by atoms with Gasteiger partial charge in [0.15, 0.2) is 0 Å². The third-order valence-corrected chi connectivity index (χ3v) is 2.97. The SMILES string of the molecule is COC(=O)C(O)(COc1ccccc1)c1ccccc1. The van der Waals surface area contributed by atoms with E-state index in [1.165, 1.54) is 7.11 Å². The van der Waals surface area contributed by atoms with Crippen LogP contribution in [0.2, 0.25) is 0 Å². The summed E-state index contributed by atoms with van der Waals surface area (Å²) in [6.07, 6.45) is 0. The van der Waals surface area contributed by atoms with E-state index in [4.69, 9.17) is 4.74 Å². The van der Waals surface area contributed by atoms with Crippen molar-refractivity contribution < 1.29 is 19.4 Å². The standard InChI is InChI=1S/C16H16O4/c1-19-15(17)16(18,13-8-4-2-5-9-13)12-20-14-10-6-3-7-11-14/h2-11,18H,12H2,1H3. The summed E-state index contributed by atoms with van der Waals surface area (Å²) in [4.78, 5) is 11.9. The predicted octanol–water partition coefficient (Wildman–Crippen LogP) is 2.13. The summed E-state index contributed by atoms with van der Waals surface area (Å²) in [5.41, 5.74) is -1.39. The van der Waals surface area contributed by atoms with Gasteiger partial charge in [-0.1, -0.05) is 48.5 Å². The van der Waals surface area contributed by atoms with Gasteiger partial charge in [-0.25, -0.2) is 4.79 Å². The number of methoxy groups -OCH3 is 1. The van der Waals surface area contributed by atoms with E-state index in [0.717, 1.165) is 0 Å². The fourth-order valence-electron chi connectivity index (χ4n) is 1.85. The molecular weight excluding hydrogens is 256 g/mol. The highest BCUT2D eigenvalue weighted by atomic mass is 16.6. The molecule has 1 unspecified atom stereocenters. The van der Waals surface area contributed by atoms with Crippen molar-refractivity contribution in [2.24, 2.45) is 0 Å². The number of carbonyl (C=O) groups is 1. The summed E-state index contributed by atoms with van der Waals surface area (Å²) in [7, 11) is 1.23. The van der Waals surface area contributed by atoms with Gasteiger partial charge in [0.1, 0.15) is 12.4 Å². The van der Waals surface area contributed by atoms with E-state index in [-0.39, 0.29) is 6.61 Å². The lowest BCUT2D eigenvalue weighted by molar-refractivity contribution is -0.167. The van der Waals surface area contributed by atoms with Crippen molar-refractivity contribution in [3.63, 3.8) is 0 Å². The van der Waals surface area contributed by atoms with E-state index >= 15 is 0 Å². The second-order valence-electron chi connectivity index (χ2n) is 4.32. The van der Waals surface area contributed by atoms with Gasteiger partial charge in [0, 0.05) is 0 Å². The minimum Gasteiger partial charge on any atom is -0.490 e. The molecule has 0 bridgehead atoms. The van der Waals surface area contributed by atoms with Crippen molar-refractivity contribution in [2.75, 3.05) is 13.7 Å². The first-order valence-corrected chi connectivity index (χ1v) is 6.21. The second kappa shape index (κ2) is 6.21. The molecule has 1 atom stereocenters. The summed E-state index contributed by atoms with van der Waals surface area (Å²) >= 11 is 0. The number of hydrogen-bond acceptors (Lipinski definition) is 4. The summed E-state index contributed by atoms with van der Waals surface area (Å²) in [5, 5.41) is 10.6. The smallest absolute Gasteiger partial charge is 0.346 e. The predicted molar refractivity (Wildman–Crippen MR) is 74.3 cm³/mol. The fourth-order valence-corrected chi connectivity index (χ4v) is 1.85. The first kappa shape index (κ1) is 14.1. The summed E-state index contributed by atoms with van der Waals surface area (Å²) < 4.78 is 10.2. The highest BCUT2D eigenvalue weighted by molar-refractivity contribution is 5.81. The first-order chi connectivity index (χ1) is 9.66. The number of hydrogen-bond donors (Lipinski definition) is 1. The molecule has 2 rings (SSSR count). The normalized spacial score (nSPS) is 13.3. The van der Waals surface area contributed by atoms with Gasteiger partial charge >= 0.3 is 5.97 Å². The van der Waals surface area contributed by atoms with Gasteiger partial charge in [0.05, 0.1) is 7.11 Å². The fraction of sp³-hybridized carbons (Fsp3) is 0.188. The van der Waals surface area contributed by atoms with Crippen LogP contribution in [0.5, 0.6) is 5.75 Å². The van der Waals surface area contributed by atoms with Crippen molar-refractivity contribution in [3.05, 3.63) is 66.2 Å². The van der Waals surface area contributed by atoms with Gasteiger partial charge in [-0.3, -0.25) is 0 Å². The van der Waals surface area contributed by atoms with Crippen LogP contribution >= 0.6 is 0 Å². The lowest BCUT2D eigenvalue weighted by Crippen LogP contribution is -2.42. The number of rotatable bonds is 5. The molecule has 0 spiro atoms. The molecule has 4 nitrogen and oxygen atoms in total. The van der Waals surface area contributed by atoms with E-state index in [0.29, 0.717) is 11.3 Å². The van der Waals surface area contributed by atoms with Gasteiger partial charge in [-0.15, -0.1) is 0 Å². The van der Waals surface area contributed by atoms with Crippen LogP contribution in [0.3, 0.4) is 0 Å². The quantitative estimate of drug-likeness (QED) is 0.847. The Hall–Kier alpha value is -2.33. The molecule has 0 radical (unpaired) electrons.